The van der Waals surface area contributed by atoms with Crippen molar-refractivity contribution in [2.75, 3.05) is 26.2 Å². The molecule has 1 aromatic rings. The van der Waals surface area contributed by atoms with Crippen molar-refractivity contribution in [2.24, 2.45) is 5.92 Å². The molecule has 2 fully saturated rings. The molecule has 5 nitrogen and oxygen atoms in total. The van der Waals surface area contributed by atoms with E-state index in [1.54, 1.807) is 4.90 Å². The van der Waals surface area contributed by atoms with Gasteiger partial charge in [0.05, 0.1) is 12.7 Å². The number of hydrogen-bond acceptors (Lipinski definition) is 3. The quantitative estimate of drug-likeness (QED) is 0.736. The maximum absolute atomic E-state index is 12.5. The number of carbonyl (C=O) groups excluding carboxylic acids is 2. The van der Waals surface area contributed by atoms with Gasteiger partial charge in [-0.15, -0.1) is 0 Å². The van der Waals surface area contributed by atoms with Gasteiger partial charge in [-0.25, -0.2) is 0 Å². The molecule has 0 radical (unpaired) electrons. The van der Waals surface area contributed by atoms with Crippen molar-refractivity contribution in [1.29, 1.82) is 0 Å². The summed E-state index contributed by atoms with van der Waals surface area (Å²) in [7, 11) is 0. The Kier molecular flexibility index (Phi) is 6.45. The van der Waals surface area contributed by atoms with Crippen LogP contribution in [0.1, 0.15) is 31.2 Å². The molecule has 1 aromatic carbocycles. The lowest BCUT2D eigenvalue weighted by atomic mass is 10.0. The summed E-state index contributed by atoms with van der Waals surface area (Å²) < 4.78 is 5.99. The van der Waals surface area contributed by atoms with Crippen molar-refractivity contribution >= 4 is 11.8 Å². The number of nitrogens with zero attached hydrogens (tertiary/aromatic N) is 2. The molecule has 0 bridgehead atoms. The van der Waals surface area contributed by atoms with Gasteiger partial charge in [-0.3, -0.25) is 9.59 Å². The highest BCUT2D eigenvalue weighted by molar-refractivity contribution is 5.87. The number of ether oxygens (including phenoxy) is 1. The van der Waals surface area contributed by atoms with Crippen LogP contribution in [0.25, 0.3) is 0 Å². The van der Waals surface area contributed by atoms with Gasteiger partial charge in [-0.2, -0.15) is 0 Å². The molecule has 0 aromatic heterocycles. The summed E-state index contributed by atoms with van der Waals surface area (Å²) >= 11 is 0. The van der Waals surface area contributed by atoms with Gasteiger partial charge in [0.15, 0.2) is 0 Å². The third-order valence-corrected chi connectivity index (χ3v) is 5.36. The summed E-state index contributed by atoms with van der Waals surface area (Å²) in [6.07, 6.45) is 4.81. The number of amides is 2. The average molecular weight is 356 g/mol. The van der Waals surface area contributed by atoms with Crippen LogP contribution in [0, 0.1) is 5.92 Å². The summed E-state index contributed by atoms with van der Waals surface area (Å²) in [6.45, 7) is 7.10. The van der Waals surface area contributed by atoms with E-state index in [4.69, 9.17) is 4.74 Å². The predicted octanol–water partition coefficient (Wildman–Crippen LogP) is 2.62. The smallest absolute Gasteiger partial charge is 0.245 e. The van der Waals surface area contributed by atoms with Crippen molar-refractivity contribution in [2.45, 2.75) is 38.4 Å². The van der Waals surface area contributed by atoms with Gasteiger partial charge in [-0.1, -0.05) is 36.9 Å². The van der Waals surface area contributed by atoms with Gasteiger partial charge in [-0.05, 0) is 36.8 Å². The maximum Gasteiger partial charge on any atom is 0.245 e. The second-order valence-electron chi connectivity index (χ2n) is 7.22. The Morgan fingerprint density at radius 1 is 1.08 bits per heavy atom. The summed E-state index contributed by atoms with van der Waals surface area (Å²) in [5.74, 6) is 0.458. The summed E-state index contributed by atoms with van der Waals surface area (Å²) in [5, 5.41) is 0. The maximum atomic E-state index is 12.5. The molecule has 0 unspecified atom stereocenters. The highest BCUT2D eigenvalue weighted by atomic mass is 16.5. The van der Waals surface area contributed by atoms with Crippen LogP contribution in [-0.4, -0.2) is 53.9 Å². The van der Waals surface area contributed by atoms with Crippen molar-refractivity contribution < 1.29 is 14.3 Å². The van der Waals surface area contributed by atoms with Crippen LogP contribution >= 0.6 is 0 Å². The molecule has 5 heteroatoms. The second kappa shape index (κ2) is 8.99. The van der Waals surface area contributed by atoms with Crippen LogP contribution in [-0.2, 0) is 20.9 Å². The van der Waals surface area contributed by atoms with Gasteiger partial charge in [0.25, 0.3) is 0 Å². The Balaban J connectivity index is 1.37. The molecule has 0 aliphatic carbocycles. The lowest BCUT2D eigenvalue weighted by molar-refractivity contribution is -0.135. The fraction of sp³-hybridized carbons (Fsp3) is 0.524. The molecule has 2 aliphatic rings. The predicted molar refractivity (Wildman–Crippen MR) is 100 cm³/mol. The van der Waals surface area contributed by atoms with Crippen LogP contribution < -0.4 is 0 Å². The van der Waals surface area contributed by atoms with Gasteiger partial charge in [0, 0.05) is 32.6 Å². The summed E-state index contributed by atoms with van der Waals surface area (Å²) in [4.78, 5) is 27.9. The van der Waals surface area contributed by atoms with E-state index in [1.165, 1.54) is 11.6 Å². The first-order valence-corrected chi connectivity index (χ1v) is 9.50. The molecule has 3 rings (SSSR count). The molecule has 2 saturated heterocycles. The number of benzene rings is 1. The average Bonchev–Trinajstić information content (AvgIpc) is 3.15. The zero-order chi connectivity index (χ0) is 18.4. The normalized spacial score (nSPS) is 21.0. The molecule has 2 heterocycles. The highest BCUT2D eigenvalue weighted by Crippen LogP contribution is 2.23. The molecular formula is C21H28N2O3. The Morgan fingerprint density at radius 2 is 1.77 bits per heavy atom. The Hall–Kier alpha value is -2.14. The van der Waals surface area contributed by atoms with Gasteiger partial charge >= 0.3 is 0 Å². The largest absolute Gasteiger partial charge is 0.373 e. The zero-order valence-corrected chi connectivity index (χ0v) is 15.3. The van der Waals surface area contributed by atoms with Crippen molar-refractivity contribution in [3.8, 4) is 0 Å². The van der Waals surface area contributed by atoms with E-state index in [9.17, 15) is 9.59 Å². The monoisotopic (exact) mass is 356 g/mol. The van der Waals surface area contributed by atoms with E-state index >= 15 is 0 Å². The zero-order valence-electron chi connectivity index (χ0n) is 15.3. The molecule has 2 aliphatic heterocycles. The minimum Gasteiger partial charge on any atom is -0.373 e. The number of hydrogen-bond donors (Lipinski definition) is 0. The first-order valence-electron chi connectivity index (χ1n) is 9.50. The van der Waals surface area contributed by atoms with E-state index in [0.717, 1.165) is 38.9 Å². The lowest BCUT2D eigenvalue weighted by Crippen LogP contribution is -2.41. The molecule has 0 saturated carbocycles. The van der Waals surface area contributed by atoms with Crippen LogP contribution in [0.2, 0.25) is 0 Å². The number of rotatable bonds is 6. The molecule has 1 atom stereocenters. The van der Waals surface area contributed by atoms with E-state index in [0.29, 0.717) is 19.6 Å². The summed E-state index contributed by atoms with van der Waals surface area (Å²) in [5.41, 5.74) is 1.19. The number of carbonyl (C=O) groups is 2. The van der Waals surface area contributed by atoms with Crippen LogP contribution in [0.3, 0.4) is 0 Å². The highest BCUT2D eigenvalue weighted by Gasteiger charge is 2.29. The Bertz CT molecular complexity index is 623. The second-order valence-corrected chi connectivity index (χ2v) is 7.22. The standard InChI is InChI=1S/C21H28N2O3/c1-2-20(24)23-11-8-18(15-23)14-21(25)22-12-9-19(10-13-22)26-16-17-6-4-3-5-7-17/h2-7,18-19H,1,8-16H2/t18-/m1/s1. The Labute approximate surface area is 155 Å². The van der Waals surface area contributed by atoms with Crippen LogP contribution in [0.5, 0.6) is 0 Å². The third kappa shape index (κ3) is 4.94. The SMILES string of the molecule is C=CC(=O)N1CC[C@H](CC(=O)N2CCC(OCc3ccccc3)CC2)C1. The van der Waals surface area contributed by atoms with E-state index in [1.807, 2.05) is 23.1 Å². The molecule has 2 amide bonds. The van der Waals surface area contributed by atoms with Crippen LogP contribution in [0.4, 0.5) is 0 Å². The Morgan fingerprint density at radius 3 is 2.46 bits per heavy atom. The van der Waals surface area contributed by atoms with E-state index < -0.39 is 0 Å². The van der Waals surface area contributed by atoms with Crippen molar-refractivity contribution in [3.63, 3.8) is 0 Å². The lowest BCUT2D eigenvalue weighted by Gasteiger charge is -2.32. The molecular weight excluding hydrogens is 328 g/mol. The number of likely N-dealkylation sites (tertiary alicyclic amines) is 2. The van der Waals surface area contributed by atoms with Gasteiger partial charge in [0.2, 0.25) is 11.8 Å². The molecule has 0 spiro atoms. The van der Waals surface area contributed by atoms with E-state index in [2.05, 4.69) is 18.7 Å². The van der Waals surface area contributed by atoms with Crippen molar-refractivity contribution in [3.05, 3.63) is 48.6 Å². The molecule has 0 N–H and O–H groups in total. The summed E-state index contributed by atoms with van der Waals surface area (Å²) in [6, 6.07) is 10.2. The topological polar surface area (TPSA) is 49.9 Å². The van der Waals surface area contributed by atoms with Gasteiger partial charge in [0.1, 0.15) is 0 Å². The molecule has 140 valence electrons. The minimum absolute atomic E-state index is 0.0312. The van der Waals surface area contributed by atoms with E-state index in [-0.39, 0.29) is 23.8 Å². The third-order valence-electron chi connectivity index (χ3n) is 5.36. The number of piperidine rings is 1. The first-order chi connectivity index (χ1) is 12.7. The fourth-order valence-corrected chi connectivity index (χ4v) is 3.76. The fourth-order valence-electron chi connectivity index (χ4n) is 3.76. The minimum atomic E-state index is -0.0312. The van der Waals surface area contributed by atoms with Gasteiger partial charge < -0.3 is 14.5 Å². The first kappa shape index (κ1) is 18.6. The van der Waals surface area contributed by atoms with Crippen molar-refractivity contribution in [1.82, 2.24) is 9.80 Å². The molecule has 26 heavy (non-hydrogen) atoms. The van der Waals surface area contributed by atoms with Crippen LogP contribution in [0.15, 0.2) is 43.0 Å².